The van der Waals surface area contributed by atoms with Gasteiger partial charge in [-0.15, -0.1) is 0 Å². The van der Waals surface area contributed by atoms with Gasteiger partial charge in [0.1, 0.15) is 5.69 Å². The first-order chi connectivity index (χ1) is 12.1. The van der Waals surface area contributed by atoms with Gasteiger partial charge in [-0.3, -0.25) is 14.5 Å². The Morgan fingerprint density at radius 2 is 2.00 bits per heavy atom. The maximum absolute atomic E-state index is 12.9. The van der Waals surface area contributed by atoms with Crippen LogP contribution in [0.3, 0.4) is 0 Å². The van der Waals surface area contributed by atoms with Crippen molar-refractivity contribution in [2.75, 3.05) is 39.8 Å². The summed E-state index contributed by atoms with van der Waals surface area (Å²) in [7, 11) is 1.55. The number of pyridine rings is 1. The lowest BCUT2D eigenvalue weighted by Crippen LogP contribution is -2.38. The average Bonchev–Trinajstić information content (AvgIpc) is 2.85. The van der Waals surface area contributed by atoms with Gasteiger partial charge in [0.15, 0.2) is 0 Å². The lowest BCUT2D eigenvalue weighted by Gasteiger charge is -2.21. The number of methoxy groups -OCH3 is 1. The Balaban J connectivity index is 1.81. The Bertz CT molecular complexity index is 793. The lowest BCUT2D eigenvalue weighted by molar-refractivity contribution is -0.119. The number of primary amides is 1. The van der Waals surface area contributed by atoms with Gasteiger partial charge >= 0.3 is 0 Å². The number of ether oxygens (including phenoxy) is 1. The number of rotatable bonds is 4. The SMILES string of the molecule is COc1nc(C(=O)N2CCCN(CC(N)=O)CC2)cc2ccccc12. The zero-order valence-electron chi connectivity index (χ0n) is 14.3. The Kier molecular flexibility index (Phi) is 5.14. The zero-order chi connectivity index (χ0) is 17.8. The zero-order valence-corrected chi connectivity index (χ0v) is 14.3. The Morgan fingerprint density at radius 1 is 1.20 bits per heavy atom. The molecule has 0 atom stereocenters. The van der Waals surface area contributed by atoms with E-state index in [0.29, 0.717) is 31.2 Å². The molecule has 1 aromatic carbocycles. The lowest BCUT2D eigenvalue weighted by atomic mass is 10.1. The number of hydrogen-bond donors (Lipinski definition) is 1. The Morgan fingerprint density at radius 3 is 2.76 bits per heavy atom. The van der Waals surface area contributed by atoms with Crippen LogP contribution in [0, 0.1) is 0 Å². The highest BCUT2D eigenvalue weighted by atomic mass is 16.5. The predicted octanol–water partition coefficient (Wildman–Crippen LogP) is 0.877. The molecule has 0 unspecified atom stereocenters. The van der Waals surface area contributed by atoms with Crippen LogP contribution < -0.4 is 10.5 Å². The summed E-state index contributed by atoms with van der Waals surface area (Å²) in [4.78, 5) is 32.1. The molecule has 25 heavy (non-hydrogen) atoms. The summed E-state index contributed by atoms with van der Waals surface area (Å²) in [5.41, 5.74) is 5.63. The number of aromatic nitrogens is 1. The van der Waals surface area contributed by atoms with E-state index in [1.54, 1.807) is 18.1 Å². The van der Waals surface area contributed by atoms with Crippen LogP contribution in [-0.2, 0) is 4.79 Å². The quantitative estimate of drug-likeness (QED) is 0.891. The fourth-order valence-electron chi connectivity index (χ4n) is 3.15. The Labute approximate surface area is 146 Å². The van der Waals surface area contributed by atoms with Crippen molar-refractivity contribution in [2.45, 2.75) is 6.42 Å². The molecule has 7 heteroatoms. The molecule has 2 aromatic rings. The molecule has 0 saturated carbocycles. The molecule has 3 rings (SSSR count). The van der Waals surface area contributed by atoms with E-state index in [1.165, 1.54) is 0 Å². The molecular formula is C18H22N4O3. The number of amides is 2. The number of fused-ring (bicyclic) bond motifs is 1. The van der Waals surface area contributed by atoms with Gasteiger partial charge in [-0.05, 0) is 23.9 Å². The number of nitrogens with two attached hydrogens (primary N) is 1. The van der Waals surface area contributed by atoms with Crippen LogP contribution in [0.4, 0.5) is 0 Å². The van der Waals surface area contributed by atoms with Crippen LogP contribution in [0.5, 0.6) is 5.88 Å². The van der Waals surface area contributed by atoms with Gasteiger partial charge in [-0.1, -0.05) is 18.2 Å². The van der Waals surface area contributed by atoms with Crippen molar-refractivity contribution in [3.63, 3.8) is 0 Å². The average molecular weight is 342 g/mol. The number of carbonyl (C=O) groups is 2. The summed E-state index contributed by atoms with van der Waals surface area (Å²) in [5.74, 6) is -0.0164. The highest BCUT2D eigenvalue weighted by molar-refractivity contribution is 5.98. The van der Waals surface area contributed by atoms with Gasteiger partial charge in [-0.25, -0.2) is 4.98 Å². The van der Waals surface area contributed by atoms with Gasteiger partial charge in [0, 0.05) is 31.6 Å². The summed E-state index contributed by atoms with van der Waals surface area (Å²) in [6.07, 6.45) is 0.795. The number of nitrogens with zero attached hydrogens (tertiary/aromatic N) is 3. The van der Waals surface area contributed by atoms with Crippen molar-refractivity contribution in [1.29, 1.82) is 0 Å². The minimum atomic E-state index is -0.347. The second kappa shape index (κ2) is 7.48. The van der Waals surface area contributed by atoms with Crippen LogP contribution in [0.25, 0.3) is 10.8 Å². The van der Waals surface area contributed by atoms with Gasteiger partial charge in [-0.2, -0.15) is 0 Å². The third-order valence-electron chi connectivity index (χ3n) is 4.37. The molecule has 1 aliphatic heterocycles. The highest BCUT2D eigenvalue weighted by Gasteiger charge is 2.23. The smallest absolute Gasteiger partial charge is 0.272 e. The summed E-state index contributed by atoms with van der Waals surface area (Å²) in [6, 6.07) is 9.49. The molecule has 2 heterocycles. The van der Waals surface area contributed by atoms with E-state index in [0.717, 1.165) is 23.7 Å². The minimum absolute atomic E-state index is 0.120. The molecule has 1 aromatic heterocycles. The van der Waals surface area contributed by atoms with Crippen LogP contribution in [-0.4, -0.2) is 66.4 Å². The Hall–Kier alpha value is -2.67. The molecule has 1 aliphatic rings. The second-order valence-electron chi connectivity index (χ2n) is 6.13. The number of carbonyl (C=O) groups excluding carboxylic acids is 2. The van der Waals surface area contributed by atoms with Crippen molar-refractivity contribution in [3.05, 3.63) is 36.0 Å². The standard InChI is InChI=1S/C18H22N4O3/c1-25-17-14-6-3-2-5-13(14)11-15(20-17)18(24)22-8-4-7-21(9-10-22)12-16(19)23/h2-3,5-6,11H,4,7-10,12H2,1H3,(H2,19,23). The molecule has 2 N–H and O–H groups in total. The maximum Gasteiger partial charge on any atom is 0.272 e. The molecule has 0 radical (unpaired) electrons. The van der Waals surface area contributed by atoms with Crippen LogP contribution >= 0.6 is 0 Å². The van der Waals surface area contributed by atoms with E-state index >= 15 is 0 Å². The van der Waals surface area contributed by atoms with E-state index < -0.39 is 0 Å². The first kappa shape index (κ1) is 17.2. The largest absolute Gasteiger partial charge is 0.481 e. The number of hydrogen-bond acceptors (Lipinski definition) is 5. The maximum atomic E-state index is 12.9. The summed E-state index contributed by atoms with van der Waals surface area (Å²) >= 11 is 0. The van der Waals surface area contributed by atoms with Crippen molar-refractivity contribution in [3.8, 4) is 5.88 Å². The molecule has 132 valence electrons. The molecule has 0 bridgehead atoms. The van der Waals surface area contributed by atoms with Gasteiger partial charge in [0.05, 0.1) is 13.7 Å². The molecular weight excluding hydrogens is 320 g/mol. The van der Waals surface area contributed by atoms with Crippen molar-refractivity contribution in [2.24, 2.45) is 5.73 Å². The van der Waals surface area contributed by atoms with Crippen molar-refractivity contribution >= 4 is 22.6 Å². The summed E-state index contributed by atoms with van der Waals surface area (Å²) in [6.45, 7) is 2.78. The molecule has 1 saturated heterocycles. The van der Waals surface area contributed by atoms with E-state index in [-0.39, 0.29) is 18.4 Å². The minimum Gasteiger partial charge on any atom is -0.481 e. The first-order valence-corrected chi connectivity index (χ1v) is 8.32. The fourth-order valence-corrected chi connectivity index (χ4v) is 3.15. The molecule has 7 nitrogen and oxygen atoms in total. The summed E-state index contributed by atoms with van der Waals surface area (Å²) in [5, 5.41) is 1.80. The topological polar surface area (TPSA) is 88.8 Å². The van der Waals surface area contributed by atoms with Crippen molar-refractivity contribution < 1.29 is 14.3 Å². The van der Waals surface area contributed by atoms with Gasteiger partial charge in [0.2, 0.25) is 11.8 Å². The fraction of sp³-hybridized carbons (Fsp3) is 0.389. The highest BCUT2D eigenvalue weighted by Crippen LogP contribution is 2.24. The summed E-state index contributed by atoms with van der Waals surface area (Å²) < 4.78 is 5.35. The van der Waals surface area contributed by atoms with E-state index in [2.05, 4.69) is 4.98 Å². The molecule has 0 spiro atoms. The van der Waals surface area contributed by atoms with E-state index in [9.17, 15) is 9.59 Å². The third kappa shape index (κ3) is 3.88. The predicted molar refractivity (Wildman–Crippen MR) is 94.4 cm³/mol. The first-order valence-electron chi connectivity index (χ1n) is 8.32. The van der Waals surface area contributed by atoms with Crippen LogP contribution in [0.2, 0.25) is 0 Å². The number of benzene rings is 1. The normalized spacial score (nSPS) is 15.8. The van der Waals surface area contributed by atoms with Gasteiger partial charge in [0.25, 0.3) is 5.91 Å². The molecule has 0 aliphatic carbocycles. The van der Waals surface area contributed by atoms with Crippen LogP contribution in [0.1, 0.15) is 16.9 Å². The van der Waals surface area contributed by atoms with Gasteiger partial charge < -0.3 is 15.4 Å². The van der Waals surface area contributed by atoms with E-state index in [4.69, 9.17) is 10.5 Å². The van der Waals surface area contributed by atoms with Crippen LogP contribution in [0.15, 0.2) is 30.3 Å². The van der Waals surface area contributed by atoms with Crippen molar-refractivity contribution in [1.82, 2.24) is 14.8 Å². The second-order valence-corrected chi connectivity index (χ2v) is 6.13. The third-order valence-corrected chi connectivity index (χ3v) is 4.37. The molecule has 2 amide bonds. The molecule has 1 fully saturated rings. The monoisotopic (exact) mass is 342 g/mol. The van der Waals surface area contributed by atoms with E-state index in [1.807, 2.05) is 29.2 Å².